The van der Waals surface area contributed by atoms with Gasteiger partial charge < -0.3 is 20.9 Å². The smallest absolute Gasteiger partial charge is 0.321 e. The number of carbonyl (C=O) groups excluding carboxylic acids is 3. The Kier molecular flexibility index (Phi) is 8.03. The number of carbonyl (C=O) groups is 3. The summed E-state index contributed by atoms with van der Waals surface area (Å²) in [6.45, 7) is 4.42. The zero-order valence-corrected chi connectivity index (χ0v) is 18.9. The highest BCUT2D eigenvalue weighted by Crippen LogP contribution is 2.15. The van der Waals surface area contributed by atoms with Gasteiger partial charge in [-0.05, 0) is 49.6 Å². The van der Waals surface area contributed by atoms with Crippen LogP contribution in [0, 0.1) is 18.3 Å². The molecule has 0 aromatic heterocycles. The molecule has 1 atom stereocenters. The lowest BCUT2D eigenvalue weighted by Gasteiger charge is -2.33. The van der Waals surface area contributed by atoms with E-state index in [0.717, 1.165) is 11.1 Å². The van der Waals surface area contributed by atoms with E-state index in [9.17, 15) is 14.4 Å². The molecule has 3 N–H and O–H groups in total. The van der Waals surface area contributed by atoms with Crippen molar-refractivity contribution < 1.29 is 14.4 Å². The van der Waals surface area contributed by atoms with E-state index < -0.39 is 6.04 Å². The van der Waals surface area contributed by atoms with Crippen molar-refractivity contribution in [1.29, 1.82) is 5.26 Å². The fourth-order valence-electron chi connectivity index (χ4n) is 3.77. The molecule has 1 fully saturated rings. The highest BCUT2D eigenvalue weighted by Gasteiger charge is 2.27. The number of hydrogen-bond acceptors (Lipinski definition) is 4. The van der Waals surface area contributed by atoms with Crippen molar-refractivity contribution in [2.75, 3.05) is 18.4 Å². The highest BCUT2D eigenvalue weighted by atomic mass is 16.2. The van der Waals surface area contributed by atoms with E-state index in [1.54, 1.807) is 29.2 Å². The zero-order chi connectivity index (χ0) is 23.8. The second-order valence-corrected chi connectivity index (χ2v) is 8.33. The van der Waals surface area contributed by atoms with Gasteiger partial charge in [0.05, 0.1) is 11.6 Å². The Labute approximate surface area is 194 Å². The molecule has 0 bridgehead atoms. The number of benzene rings is 2. The van der Waals surface area contributed by atoms with Gasteiger partial charge in [-0.25, -0.2) is 4.79 Å². The fourth-order valence-corrected chi connectivity index (χ4v) is 3.77. The first kappa shape index (κ1) is 23.8. The van der Waals surface area contributed by atoms with Crippen molar-refractivity contribution in [3.63, 3.8) is 0 Å². The molecule has 2 aromatic carbocycles. The first-order valence-corrected chi connectivity index (χ1v) is 11.0. The Morgan fingerprint density at radius 3 is 2.27 bits per heavy atom. The Hall–Kier alpha value is -3.86. The summed E-state index contributed by atoms with van der Waals surface area (Å²) in [7, 11) is 0. The first-order chi connectivity index (χ1) is 15.8. The van der Waals surface area contributed by atoms with Gasteiger partial charge in [0.15, 0.2) is 0 Å². The van der Waals surface area contributed by atoms with Crippen molar-refractivity contribution in [3.8, 4) is 6.07 Å². The average molecular weight is 448 g/mol. The molecule has 3 rings (SSSR count). The SMILES string of the molecule is CC(=O)NC(Cc1ccc(C)cc1)C(=O)NC1CCN(C(=O)Nc2ccc(C#N)cc2)CC1. The van der Waals surface area contributed by atoms with Crippen LogP contribution in [-0.4, -0.2) is 47.9 Å². The Bertz CT molecular complexity index is 1020. The number of aryl methyl sites for hydroxylation is 1. The Morgan fingerprint density at radius 2 is 1.70 bits per heavy atom. The van der Waals surface area contributed by atoms with Crippen LogP contribution in [0.4, 0.5) is 10.5 Å². The molecule has 8 heteroatoms. The fraction of sp³-hybridized carbons (Fsp3) is 0.360. The summed E-state index contributed by atoms with van der Waals surface area (Å²) >= 11 is 0. The van der Waals surface area contributed by atoms with E-state index in [4.69, 9.17) is 5.26 Å². The predicted octanol–water partition coefficient (Wildman–Crippen LogP) is 2.73. The summed E-state index contributed by atoms with van der Waals surface area (Å²) in [6.07, 6.45) is 1.67. The molecule has 0 spiro atoms. The summed E-state index contributed by atoms with van der Waals surface area (Å²) < 4.78 is 0. The molecule has 8 nitrogen and oxygen atoms in total. The summed E-state index contributed by atoms with van der Waals surface area (Å²) in [4.78, 5) is 38.8. The largest absolute Gasteiger partial charge is 0.351 e. The van der Waals surface area contributed by atoms with Gasteiger partial charge in [0, 0.05) is 38.2 Å². The number of likely N-dealkylation sites (tertiary alicyclic amines) is 1. The number of nitriles is 1. The van der Waals surface area contributed by atoms with Crippen LogP contribution in [0.3, 0.4) is 0 Å². The Balaban J connectivity index is 1.50. The second kappa shape index (κ2) is 11.1. The number of nitrogens with one attached hydrogen (secondary N) is 3. The molecule has 1 heterocycles. The molecular weight excluding hydrogens is 418 g/mol. The van der Waals surface area contributed by atoms with E-state index >= 15 is 0 Å². The molecule has 1 saturated heterocycles. The zero-order valence-electron chi connectivity index (χ0n) is 18.9. The van der Waals surface area contributed by atoms with Crippen LogP contribution in [0.2, 0.25) is 0 Å². The maximum absolute atomic E-state index is 12.9. The van der Waals surface area contributed by atoms with E-state index in [0.29, 0.717) is 43.6 Å². The molecule has 0 aliphatic carbocycles. The molecule has 1 aliphatic heterocycles. The Morgan fingerprint density at radius 1 is 1.06 bits per heavy atom. The lowest BCUT2D eigenvalue weighted by Crippen LogP contribution is -2.53. The van der Waals surface area contributed by atoms with Gasteiger partial charge in [0.1, 0.15) is 6.04 Å². The molecule has 0 saturated carbocycles. The number of anilines is 1. The van der Waals surface area contributed by atoms with Crippen molar-refractivity contribution in [2.24, 2.45) is 0 Å². The molecule has 33 heavy (non-hydrogen) atoms. The molecule has 4 amide bonds. The lowest BCUT2D eigenvalue weighted by atomic mass is 10.0. The minimum Gasteiger partial charge on any atom is -0.351 e. The molecule has 1 aliphatic rings. The molecule has 2 aromatic rings. The van der Waals surface area contributed by atoms with Crippen molar-refractivity contribution in [3.05, 3.63) is 65.2 Å². The van der Waals surface area contributed by atoms with Crippen LogP contribution in [0.5, 0.6) is 0 Å². The van der Waals surface area contributed by atoms with Crippen LogP contribution in [-0.2, 0) is 16.0 Å². The van der Waals surface area contributed by atoms with Crippen LogP contribution < -0.4 is 16.0 Å². The third-order valence-corrected chi connectivity index (χ3v) is 5.65. The molecule has 172 valence electrons. The number of nitrogens with zero attached hydrogens (tertiary/aromatic N) is 2. The van der Waals surface area contributed by atoms with Gasteiger partial charge in [-0.3, -0.25) is 9.59 Å². The summed E-state index contributed by atoms with van der Waals surface area (Å²) in [5.74, 6) is -0.470. The van der Waals surface area contributed by atoms with E-state index in [1.807, 2.05) is 37.3 Å². The maximum Gasteiger partial charge on any atom is 0.321 e. The van der Waals surface area contributed by atoms with Gasteiger partial charge in [-0.1, -0.05) is 29.8 Å². The highest BCUT2D eigenvalue weighted by molar-refractivity contribution is 5.89. The second-order valence-electron chi connectivity index (χ2n) is 8.33. The number of piperidine rings is 1. The standard InChI is InChI=1S/C25H29N5O3/c1-17-3-5-19(6-4-17)15-23(27-18(2)31)24(32)28-22-11-13-30(14-12-22)25(33)29-21-9-7-20(16-26)8-10-21/h3-10,22-23H,11-15H2,1-2H3,(H,27,31)(H,28,32)(H,29,33). The summed E-state index contributed by atoms with van der Waals surface area (Å²) in [5.41, 5.74) is 3.27. The van der Waals surface area contributed by atoms with Gasteiger partial charge >= 0.3 is 6.03 Å². The van der Waals surface area contributed by atoms with Crippen molar-refractivity contribution in [1.82, 2.24) is 15.5 Å². The quantitative estimate of drug-likeness (QED) is 0.632. The van der Waals surface area contributed by atoms with Crippen LogP contribution in [0.25, 0.3) is 0 Å². The van der Waals surface area contributed by atoms with Gasteiger partial charge in [-0.2, -0.15) is 5.26 Å². The van der Waals surface area contributed by atoms with Crippen LogP contribution >= 0.6 is 0 Å². The van der Waals surface area contributed by atoms with Gasteiger partial charge in [-0.15, -0.1) is 0 Å². The first-order valence-electron chi connectivity index (χ1n) is 11.0. The molecule has 0 radical (unpaired) electrons. The van der Waals surface area contributed by atoms with E-state index in [1.165, 1.54) is 6.92 Å². The molecular formula is C25H29N5O3. The van der Waals surface area contributed by atoms with Crippen molar-refractivity contribution >= 4 is 23.5 Å². The lowest BCUT2D eigenvalue weighted by molar-refractivity contribution is -0.128. The number of hydrogen-bond donors (Lipinski definition) is 3. The summed E-state index contributed by atoms with van der Waals surface area (Å²) in [5, 5.41) is 17.5. The number of urea groups is 1. The van der Waals surface area contributed by atoms with E-state index in [2.05, 4.69) is 16.0 Å². The van der Waals surface area contributed by atoms with Crippen molar-refractivity contribution in [2.45, 2.75) is 45.2 Å². The third kappa shape index (κ3) is 7.07. The number of amides is 4. The van der Waals surface area contributed by atoms with Gasteiger partial charge in [0.2, 0.25) is 11.8 Å². The summed E-state index contributed by atoms with van der Waals surface area (Å²) in [6, 6.07) is 15.7. The number of rotatable bonds is 6. The molecule has 1 unspecified atom stereocenters. The predicted molar refractivity (Wildman–Crippen MR) is 125 cm³/mol. The maximum atomic E-state index is 12.9. The topological polar surface area (TPSA) is 114 Å². The van der Waals surface area contributed by atoms with Crippen LogP contribution in [0.15, 0.2) is 48.5 Å². The minimum atomic E-state index is -0.650. The normalized spacial score (nSPS) is 14.6. The van der Waals surface area contributed by atoms with Crippen LogP contribution in [0.1, 0.15) is 36.5 Å². The van der Waals surface area contributed by atoms with Gasteiger partial charge in [0.25, 0.3) is 0 Å². The minimum absolute atomic E-state index is 0.0641. The van der Waals surface area contributed by atoms with E-state index in [-0.39, 0.29) is 23.9 Å². The average Bonchev–Trinajstić information content (AvgIpc) is 2.80. The monoisotopic (exact) mass is 447 g/mol. The third-order valence-electron chi connectivity index (χ3n) is 5.65.